The Labute approximate surface area is 213 Å². The molecule has 0 bridgehead atoms. The van der Waals surface area contributed by atoms with Crippen LogP contribution in [0, 0.1) is 5.82 Å². The summed E-state index contributed by atoms with van der Waals surface area (Å²) in [7, 11) is 4.27. The minimum atomic E-state index is -0.463. The lowest BCUT2D eigenvalue weighted by Crippen LogP contribution is -2.35. The zero-order valence-electron chi connectivity index (χ0n) is 19.8. The molecule has 1 amide bonds. The summed E-state index contributed by atoms with van der Waals surface area (Å²) in [6.45, 7) is 4.17. The summed E-state index contributed by atoms with van der Waals surface area (Å²) in [5.74, 6) is 0.237. The van der Waals surface area contributed by atoms with Gasteiger partial charge < -0.3 is 15.1 Å². The van der Waals surface area contributed by atoms with Gasteiger partial charge >= 0.3 is 0 Å². The van der Waals surface area contributed by atoms with E-state index in [2.05, 4.69) is 39.2 Å². The van der Waals surface area contributed by atoms with Gasteiger partial charge in [-0.1, -0.05) is 17.7 Å². The van der Waals surface area contributed by atoms with Crippen molar-refractivity contribution in [2.24, 2.45) is 0 Å². The number of thiophene rings is 1. The summed E-state index contributed by atoms with van der Waals surface area (Å²) in [6.07, 6.45) is 7.10. The first-order valence-electron chi connectivity index (χ1n) is 11.7. The first-order chi connectivity index (χ1) is 16.9. The molecule has 5 rings (SSSR count). The second-order valence-electron chi connectivity index (χ2n) is 9.22. The van der Waals surface area contributed by atoms with Crippen LogP contribution in [0.15, 0.2) is 36.7 Å². The number of rotatable bonds is 6. The molecule has 2 aliphatic rings. The second kappa shape index (κ2) is 10.2. The molecule has 7 nitrogen and oxygen atoms in total. The lowest BCUT2D eigenvalue weighted by molar-refractivity contribution is -0.126. The summed E-state index contributed by atoms with van der Waals surface area (Å²) >= 11 is 7.53. The molecule has 1 aromatic carbocycles. The summed E-state index contributed by atoms with van der Waals surface area (Å²) in [6, 6.07) is 5.04. The molecule has 1 N–H and O–H groups in total. The minimum absolute atomic E-state index is 0.0374. The van der Waals surface area contributed by atoms with Crippen LogP contribution in [-0.2, 0) is 17.8 Å². The zero-order valence-corrected chi connectivity index (χ0v) is 21.4. The Balaban J connectivity index is 1.27. The standard InChI is InChI=1S/C25H28ClFN6OS/c1-31-10-7-17(13-31)32(2)9-3-4-22(34)33-11-8-18-21(14-33)35-25-23(18)24(28-15-29-25)30-16-5-6-20(27)19(26)12-16/h3-6,12,15,17H,7-11,13-14H2,1-2H3,(H,28,29,30)/b4-3+. The molecule has 1 atom stereocenters. The van der Waals surface area contributed by atoms with Gasteiger partial charge in [0.2, 0.25) is 5.91 Å². The number of likely N-dealkylation sites (N-methyl/N-ethyl adjacent to an activating group) is 2. The molecule has 10 heteroatoms. The van der Waals surface area contributed by atoms with Crippen molar-refractivity contribution in [2.45, 2.75) is 25.4 Å². The summed E-state index contributed by atoms with van der Waals surface area (Å²) in [4.78, 5) is 30.3. The third kappa shape index (κ3) is 5.18. The quantitative estimate of drug-likeness (QED) is 0.495. The van der Waals surface area contributed by atoms with Crippen LogP contribution < -0.4 is 5.32 Å². The fraction of sp³-hybridized carbons (Fsp3) is 0.400. The van der Waals surface area contributed by atoms with Crippen LogP contribution in [0.1, 0.15) is 16.9 Å². The predicted molar refractivity (Wildman–Crippen MR) is 139 cm³/mol. The molecule has 0 spiro atoms. The van der Waals surface area contributed by atoms with E-state index >= 15 is 0 Å². The van der Waals surface area contributed by atoms with Crippen molar-refractivity contribution in [1.82, 2.24) is 24.7 Å². The molecule has 1 fully saturated rings. The van der Waals surface area contributed by atoms with Crippen LogP contribution >= 0.6 is 22.9 Å². The normalized spacial score (nSPS) is 18.7. The molecule has 2 aliphatic heterocycles. The molecule has 1 saturated heterocycles. The number of likely N-dealkylation sites (tertiary alicyclic amines) is 1. The largest absolute Gasteiger partial charge is 0.340 e. The van der Waals surface area contributed by atoms with Crippen LogP contribution in [-0.4, -0.2) is 76.9 Å². The van der Waals surface area contributed by atoms with Crippen molar-refractivity contribution in [1.29, 1.82) is 0 Å². The van der Waals surface area contributed by atoms with Gasteiger partial charge in [-0.3, -0.25) is 9.69 Å². The molecular weight excluding hydrogens is 487 g/mol. The smallest absolute Gasteiger partial charge is 0.246 e. The molecule has 1 unspecified atom stereocenters. The van der Waals surface area contributed by atoms with Crippen molar-refractivity contribution in [2.75, 3.05) is 45.6 Å². The highest BCUT2D eigenvalue weighted by molar-refractivity contribution is 7.19. The molecule has 3 aromatic rings. The highest BCUT2D eigenvalue weighted by Gasteiger charge is 2.26. The van der Waals surface area contributed by atoms with E-state index < -0.39 is 5.82 Å². The number of hydrogen-bond acceptors (Lipinski definition) is 7. The van der Waals surface area contributed by atoms with Gasteiger partial charge in [0.15, 0.2) is 0 Å². The van der Waals surface area contributed by atoms with Crippen LogP contribution in [0.3, 0.4) is 0 Å². The van der Waals surface area contributed by atoms with E-state index in [9.17, 15) is 9.18 Å². The van der Waals surface area contributed by atoms with Gasteiger partial charge in [-0.2, -0.15) is 0 Å². The van der Waals surface area contributed by atoms with Gasteiger partial charge in [-0.25, -0.2) is 14.4 Å². The topological polar surface area (TPSA) is 64.6 Å². The Bertz CT molecular complexity index is 1280. The SMILES string of the molecule is CN1CCC(N(C)C/C=C/C(=O)N2CCc3c(sc4ncnc(Nc5ccc(F)c(Cl)c5)c34)C2)C1. The average Bonchev–Trinajstić information content (AvgIpc) is 3.44. The Kier molecular flexibility index (Phi) is 7.02. The molecule has 2 aromatic heterocycles. The number of fused-ring (bicyclic) bond motifs is 3. The third-order valence-corrected chi connectivity index (χ3v) is 8.19. The van der Waals surface area contributed by atoms with E-state index in [0.717, 1.165) is 41.1 Å². The van der Waals surface area contributed by atoms with Crippen molar-refractivity contribution in [3.05, 3.63) is 58.0 Å². The van der Waals surface area contributed by atoms with Crippen LogP contribution in [0.2, 0.25) is 5.02 Å². The number of carbonyl (C=O) groups excluding carboxylic acids is 1. The molecule has 184 valence electrons. The van der Waals surface area contributed by atoms with Crippen molar-refractivity contribution < 1.29 is 9.18 Å². The van der Waals surface area contributed by atoms with E-state index in [-0.39, 0.29) is 10.9 Å². The van der Waals surface area contributed by atoms with Crippen molar-refractivity contribution >= 4 is 50.6 Å². The molecule has 4 heterocycles. The Morgan fingerprint density at radius 3 is 3.00 bits per heavy atom. The van der Waals surface area contributed by atoms with Gasteiger partial charge in [0.05, 0.1) is 17.0 Å². The molecule has 0 aliphatic carbocycles. The van der Waals surface area contributed by atoms with E-state index in [1.165, 1.54) is 24.4 Å². The summed E-state index contributed by atoms with van der Waals surface area (Å²) < 4.78 is 13.5. The Hall–Kier alpha value is -2.59. The van der Waals surface area contributed by atoms with Gasteiger partial charge in [-0.05, 0) is 57.2 Å². The van der Waals surface area contributed by atoms with Crippen LogP contribution in [0.25, 0.3) is 10.2 Å². The lowest BCUT2D eigenvalue weighted by Gasteiger charge is -2.26. The average molecular weight is 515 g/mol. The number of nitrogens with zero attached hydrogens (tertiary/aromatic N) is 5. The number of carbonyl (C=O) groups is 1. The number of benzene rings is 1. The number of amides is 1. The first-order valence-corrected chi connectivity index (χ1v) is 12.9. The van der Waals surface area contributed by atoms with Gasteiger partial charge in [0.25, 0.3) is 0 Å². The van der Waals surface area contributed by atoms with Crippen LogP contribution in [0.4, 0.5) is 15.9 Å². The zero-order chi connectivity index (χ0) is 24.5. The fourth-order valence-electron chi connectivity index (χ4n) is 4.77. The van der Waals surface area contributed by atoms with E-state index in [0.29, 0.717) is 30.6 Å². The highest BCUT2D eigenvalue weighted by atomic mass is 35.5. The van der Waals surface area contributed by atoms with Gasteiger partial charge in [0.1, 0.15) is 22.8 Å². The van der Waals surface area contributed by atoms with Crippen molar-refractivity contribution in [3.63, 3.8) is 0 Å². The minimum Gasteiger partial charge on any atom is -0.340 e. The van der Waals surface area contributed by atoms with E-state index in [4.69, 9.17) is 11.6 Å². The molecular formula is C25H28ClFN6OS. The number of nitrogens with one attached hydrogen (secondary N) is 1. The molecule has 0 saturated carbocycles. The molecule has 0 radical (unpaired) electrons. The second-order valence-corrected chi connectivity index (χ2v) is 10.7. The lowest BCUT2D eigenvalue weighted by atomic mass is 10.0. The maximum atomic E-state index is 13.5. The number of hydrogen-bond donors (Lipinski definition) is 1. The van der Waals surface area contributed by atoms with E-state index in [1.54, 1.807) is 29.5 Å². The fourth-order valence-corrected chi connectivity index (χ4v) is 6.15. The predicted octanol–water partition coefficient (Wildman–Crippen LogP) is 4.30. The third-order valence-electron chi connectivity index (χ3n) is 6.77. The van der Waals surface area contributed by atoms with E-state index in [1.807, 2.05) is 11.0 Å². The number of halogens is 2. The van der Waals surface area contributed by atoms with Gasteiger partial charge in [-0.15, -0.1) is 11.3 Å². The number of anilines is 2. The monoisotopic (exact) mass is 514 g/mol. The maximum absolute atomic E-state index is 13.5. The Morgan fingerprint density at radius 2 is 2.23 bits per heavy atom. The molecule has 35 heavy (non-hydrogen) atoms. The first kappa shape index (κ1) is 24.1. The van der Waals surface area contributed by atoms with Gasteiger partial charge in [0, 0.05) is 42.3 Å². The van der Waals surface area contributed by atoms with Crippen LogP contribution in [0.5, 0.6) is 0 Å². The number of aromatic nitrogens is 2. The Morgan fingerprint density at radius 1 is 1.37 bits per heavy atom. The maximum Gasteiger partial charge on any atom is 0.246 e. The summed E-state index contributed by atoms with van der Waals surface area (Å²) in [5, 5.41) is 4.26. The summed E-state index contributed by atoms with van der Waals surface area (Å²) in [5.41, 5.74) is 1.82. The highest BCUT2D eigenvalue weighted by Crippen LogP contribution is 2.38. The van der Waals surface area contributed by atoms with Crippen molar-refractivity contribution in [3.8, 4) is 0 Å².